The molecule has 0 bridgehead atoms. The van der Waals surface area contributed by atoms with E-state index in [1.807, 2.05) is 13.0 Å². The van der Waals surface area contributed by atoms with Crippen LogP contribution in [0.5, 0.6) is 0 Å². The van der Waals surface area contributed by atoms with Crippen molar-refractivity contribution in [3.63, 3.8) is 0 Å². The topological polar surface area (TPSA) is 88.1 Å². The second-order valence-corrected chi connectivity index (χ2v) is 6.17. The fourth-order valence-electron chi connectivity index (χ4n) is 2.87. The Hall–Kier alpha value is -1.77. The maximum absolute atomic E-state index is 11.2. The Bertz CT molecular complexity index is 627. The smallest absolute Gasteiger partial charge is 0.302 e. The van der Waals surface area contributed by atoms with Crippen LogP contribution in [0.2, 0.25) is 5.02 Å². The van der Waals surface area contributed by atoms with Crippen molar-refractivity contribution >= 4 is 23.3 Å². The minimum absolute atomic E-state index is 0.272. The summed E-state index contributed by atoms with van der Waals surface area (Å²) in [4.78, 5) is 11.2. The van der Waals surface area contributed by atoms with E-state index in [9.17, 15) is 4.79 Å². The highest BCUT2D eigenvalue weighted by Gasteiger charge is 2.41. The van der Waals surface area contributed by atoms with Gasteiger partial charge in [-0.3, -0.25) is 4.79 Å². The molecule has 1 aromatic rings. The summed E-state index contributed by atoms with van der Waals surface area (Å²) in [5, 5.41) is 12.7. The van der Waals surface area contributed by atoms with E-state index in [4.69, 9.17) is 27.3 Å². The summed E-state index contributed by atoms with van der Waals surface area (Å²) >= 11 is 6.16. The Morgan fingerprint density at radius 2 is 2.36 bits per heavy atom. The van der Waals surface area contributed by atoms with E-state index in [0.29, 0.717) is 17.1 Å². The van der Waals surface area contributed by atoms with Crippen molar-refractivity contribution in [1.29, 1.82) is 5.26 Å². The number of hydrogen-bond acceptors (Lipinski definition) is 5. The third-order valence-corrected chi connectivity index (χ3v) is 4.66. The van der Waals surface area contributed by atoms with Crippen molar-refractivity contribution in [2.24, 2.45) is 5.73 Å². The Morgan fingerprint density at radius 1 is 1.64 bits per heavy atom. The van der Waals surface area contributed by atoms with Gasteiger partial charge in [0, 0.05) is 19.2 Å². The summed E-state index contributed by atoms with van der Waals surface area (Å²) in [5.74, 6) is -0.306. The average molecular weight is 322 g/mol. The Labute approximate surface area is 135 Å². The lowest BCUT2D eigenvalue weighted by Crippen LogP contribution is -2.53. The van der Waals surface area contributed by atoms with E-state index in [1.165, 1.54) is 6.92 Å². The van der Waals surface area contributed by atoms with Crippen molar-refractivity contribution in [3.8, 4) is 6.07 Å². The average Bonchev–Trinajstić information content (AvgIpc) is 2.81. The van der Waals surface area contributed by atoms with Crippen LogP contribution in [0.3, 0.4) is 0 Å². The first-order valence-electron chi connectivity index (χ1n) is 7.26. The lowest BCUT2D eigenvalue weighted by molar-refractivity contribution is -0.148. The lowest BCUT2D eigenvalue weighted by atomic mass is 9.96. The van der Waals surface area contributed by atoms with E-state index in [2.05, 4.69) is 11.4 Å². The number of benzene rings is 1. The van der Waals surface area contributed by atoms with Crippen molar-refractivity contribution < 1.29 is 9.53 Å². The maximum Gasteiger partial charge on any atom is 0.302 e. The molecule has 1 aliphatic rings. The molecule has 1 aliphatic carbocycles. The minimum Gasteiger partial charge on any atom is -0.461 e. The van der Waals surface area contributed by atoms with Gasteiger partial charge in [0.15, 0.2) is 0 Å². The molecule has 0 radical (unpaired) electrons. The van der Waals surface area contributed by atoms with Crippen LogP contribution in [-0.2, 0) is 9.53 Å². The number of rotatable bonds is 4. The third kappa shape index (κ3) is 3.34. The molecule has 5 nitrogen and oxygen atoms in total. The monoisotopic (exact) mass is 321 g/mol. The highest BCUT2D eigenvalue weighted by Crippen LogP contribution is 2.32. The first-order valence-corrected chi connectivity index (χ1v) is 7.64. The predicted octanol–water partition coefficient (Wildman–Crippen LogP) is 2.75. The van der Waals surface area contributed by atoms with E-state index in [-0.39, 0.29) is 12.1 Å². The van der Waals surface area contributed by atoms with Gasteiger partial charge >= 0.3 is 5.97 Å². The number of anilines is 1. The number of ether oxygens (including phenoxy) is 1. The molecule has 1 fully saturated rings. The van der Waals surface area contributed by atoms with Crippen molar-refractivity contribution in [2.45, 2.75) is 44.8 Å². The number of nitrogens with one attached hydrogen (secondary N) is 1. The van der Waals surface area contributed by atoms with E-state index >= 15 is 0 Å². The first kappa shape index (κ1) is 16.6. The molecule has 0 amide bonds. The zero-order chi connectivity index (χ0) is 16.3. The Kier molecular flexibility index (Phi) is 4.94. The summed E-state index contributed by atoms with van der Waals surface area (Å²) in [7, 11) is 0. The number of carbonyl (C=O) groups excluding carboxylic acids is 1. The van der Waals surface area contributed by atoms with Crippen molar-refractivity contribution in [1.82, 2.24) is 0 Å². The predicted molar refractivity (Wildman–Crippen MR) is 85.7 cm³/mol. The number of halogens is 1. The molecule has 1 aromatic carbocycles. The lowest BCUT2D eigenvalue weighted by Gasteiger charge is -2.31. The van der Waals surface area contributed by atoms with Crippen LogP contribution in [0, 0.1) is 18.3 Å². The number of nitrogens with zero attached hydrogens (tertiary/aromatic N) is 1. The number of nitriles is 1. The zero-order valence-electron chi connectivity index (χ0n) is 12.8. The van der Waals surface area contributed by atoms with Crippen LogP contribution in [0.1, 0.15) is 37.3 Å². The molecule has 22 heavy (non-hydrogen) atoms. The summed E-state index contributed by atoms with van der Waals surface area (Å²) in [6.45, 7) is 3.73. The molecule has 0 unspecified atom stereocenters. The molecule has 2 atom stereocenters. The summed E-state index contributed by atoms with van der Waals surface area (Å²) in [6, 6.07) is 5.55. The van der Waals surface area contributed by atoms with Gasteiger partial charge in [0.1, 0.15) is 12.2 Å². The molecule has 118 valence electrons. The molecule has 0 aliphatic heterocycles. The normalized spacial score (nSPS) is 23.9. The molecular weight excluding hydrogens is 302 g/mol. The van der Waals surface area contributed by atoms with Gasteiger partial charge in [0.05, 0.1) is 16.1 Å². The molecule has 1 saturated carbocycles. The van der Waals surface area contributed by atoms with Crippen LogP contribution < -0.4 is 11.1 Å². The van der Waals surface area contributed by atoms with Gasteiger partial charge in [-0.25, -0.2) is 0 Å². The molecule has 2 rings (SSSR count). The molecule has 3 N–H and O–H groups in total. The number of hydrogen-bond donors (Lipinski definition) is 2. The number of esters is 1. The molecule has 0 aromatic heterocycles. The van der Waals surface area contributed by atoms with Crippen molar-refractivity contribution in [2.75, 3.05) is 11.9 Å². The standard InChI is InChI=1S/C16H20ClN3O2/c1-10-13(6-5-12(8-18)15(10)17)20-9-16(19)7-3-4-14(16)22-11(2)21/h5-6,14,20H,3-4,7,9,19H2,1-2H3/t14-,16+/m1/s1. The van der Waals surface area contributed by atoms with Crippen LogP contribution in [-0.4, -0.2) is 24.2 Å². The third-order valence-electron chi connectivity index (χ3n) is 4.17. The van der Waals surface area contributed by atoms with Gasteiger partial charge in [-0.2, -0.15) is 5.26 Å². The SMILES string of the molecule is CC(=O)O[C@@H]1CCC[C@]1(N)CNc1ccc(C#N)c(Cl)c1C. The first-order chi connectivity index (χ1) is 10.4. The van der Waals surface area contributed by atoms with Crippen LogP contribution in [0.4, 0.5) is 5.69 Å². The maximum atomic E-state index is 11.2. The van der Waals surface area contributed by atoms with Crippen LogP contribution in [0.25, 0.3) is 0 Å². The molecule has 6 heteroatoms. The highest BCUT2D eigenvalue weighted by atomic mass is 35.5. The molecule has 0 heterocycles. The number of nitrogens with two attached hydrogens (primary N) is 1. The van der Waals surface area contributed by atoms with Gasteiger partial charge in [0.2, 0.25) is 0 Å². The van der Waals surface area contributed by atoms with E-state index in [0.717, 1.165) is 30.5 Å². The summed E-state index contributed by atoms with van der Waals surface area (Å²) in [6.07, 6.45) is 2.24. The van der Waals surface area contributed by atoms with Gasteiger partial charge in [0.25, 0.3) is 0 Å². The summed E-state index contributed by atoms with van der Waals surface area (Å²) < 4.78 is 5.33. The zero-order valence-corrected chi connectivity index (χ0v) is 13.5. The van der Waals surface area contributed by atoms with Gasteiger partial charge in [-0.15, -0.1) is 0 Å². The van der Waals surface area contributed by atoms with Gasteiger partial charge in [-0.05, 0) is 43.9 Å². The second kappa shape index (κ2) is 6.55. The van der Waals surface area contributed by atoms with E-state index in [1.54, 1.807) is 6.07 Å². The van der Waals surface area contributed by atoms with E-state index < -0.39 is 5.54 Å². The highest BCUT2D eigenvalue weighted by molar-refractivity contribution is 6.32. The quantitative estimate of drug-likeness (QED) is 0.832. The summed E-state index contributed by atoms with van der Waals surface area (Å²) in [5.41, 5.74) is 7.93. The molecule has 0 saturated heterocycles. The van der Waals surface area contributed by atoms with Gasteiger partial charge < -0.3 is 15.8 Å². The Morgan fingerprint density at radius 3 is 3.00 bits per heavy atom. The van der Waals surface area contributed by atoms with Crippen molar-refractivity contribution in [3.05, 3.63) is 28.3 Å². The molecular formula is C16H20ClN3O2. The fraction of sp³-hybridized carbons (Fsp3) is 0.500. The molecule has 0 spiro atoms. The Balaban J connectivity index is 2.11. The minimum atomic E-state index is -0.585. The number of carbonyl (C=O) groups is 1. The van der Waals surface area contributed by atoms with Gasteiger partial charge in [-0.1, -0.05) is 11.6 Å². The van der Waals surface area contributed by atoms with Crippen LogP contribution in [0.15, 0.2) is 12.1 Å². The van der Waals surface area contributed by atoms with Crippen LogP contribution >= 0.6 is 11.6 Å². The largest absolute Gasteiger partial charge is 0.461 e. The fourth-order valence-corrected chi connectivity index (χ4v) is 3.07. The second-order valence-electron chi connectivity index (χ2n) is 5.79.